The number of rotatable bonds is 2. The number of aromatic nitrogens is 4. The predicted molar refractivity (Wildman–Crippen MR) is 86.5 cm³/mol. The summed E-state index contributed by atoms with van der Waals surface area (Å²) in [6.07, 6.45) is 1.83. The second-order valence-electron chi connectivity index (χ2n) is 5.71. The number of hydrogen-bond donors (Lipinski definition) is 1. The Labute approximate surface area is 128 Å². The first-order valence-electron chi connectivity index (χ1n) is 7.15. The summed E-state index contributed by atoms with van der Waals surface area (Å²) >= 11 is 0. The van der Waals surface area contributed by atoms with Gasteiger partial charge in [0.1, 0.15) is 5.69 Å². The zero-order chi connectivity index (χ0) is 16.0. The minimum atomic E-state index is -0.196. The van der Waals surface area contributed by atoms with Crippen LogP contribution in [0.3, 0.4) is 0 Å². The topological polar surface area (TPSA) is 78.7 Å². The van der Waals surface area contributed by atoms with Gasteiger partial charge in [-0.1, -0.05) is 6.07 Å². The Bertz CT molecular complexity index is 920. The molecule has 0 aliphatic carbocycles. The van der Waals surface area contributed by atoms with Crippen LogP contribution in [0, 0.1) is 6.92 Å². The molecule has 1 aromatic carbocycles. The predicted octanol–water partition coefficient (Wildman–Crippen LogP) is 1.66. The molecule has 2 heterocycles. The molecule has 3 rings (SSSR count). The van der Waals surface area contributed by atoms with Crippen LogP contribution in [0.2, 0.25) is 0 Å². The minimum Gasteiger partial charge on any atom is -0.324 e. The Hall–Kier alpha value is -2.47. The average molecular weight is 297 g/mol. The molecule has 0 saturated heterocycles. The van der Waals surface area contributed by atoms with Crippen LogP contribution >= 0.6 is 0 Å². The van der Waals surface area contributed by atoms with E-state index in [1.165, 1.54) is 4.57 Å². The van der Waals surface area contributed by atoms with Crippen LogP contribution < -0.4 is 11.3 Å². The largest absolute Gasteiger partial charge is 0.324 e. The van der Waals surface area contributed by atoms with E-state index in [0.717, 1.165) is 11.1 Å². The van der Waals surface area contributed by atoms with Crippen molar-refractivity contribution in [3.8, 4) is 11.5 Å². The van der Waals surface area contributed by atoms with Crippen molar-refractivity contribution in [3.63, 3.8) is 0 Å². The van der Waals surface area contributed by atoms with Gasteiger partial charge in [0, 0.05) is 26.3 Å². The highest BCUT2D eigenvalue weighted by molar-refractivity contribution is 5.84. The fourth-order valence-corrected chi connectivity index (χ4v) is 2.66. The van der Waals surface area contributed by atoms with Gasteiger partial charge in [0.2, 0.25) is 0 Å². The van der Waals surface area contributed by atoms with Crippen LogP contribution in [-0.2, 0) is 14.1 Å². The summed E-state index contributed by atoms with van der Waals surface area (Å²) in [6.45, 7) is 3.85. The lowest BCUT2D eigenvalue weighted by Gasteiger charge is -2.13. The summed E-state index contributed by atoms with van der Waals surface area (Å²) in [5.74, 6) is 0.545. The number of benzene rings is 1. The summed E-state index contributed by atoms with van der Waals surface area (Å²) < 4.78 is 3.22. The van der Waals surface area contributed by atoms with Gasteiger partial charge in [0.25, 0.3) is 5.56 Å². The van der Waals surface area contributed by atoms with E-state index < -0.39 is 0 Å². The molecule has 2 N–H and O–H groups in total. The summed E-state index contributed by atoms with van der Waals surface area (Å²) in [6, 6.07) is 5.49. The molecule has 6 nitrogen and oxygen atoms in total. The van der Waals surface area contributed by atoms with E-state index in [0.29, 0.717) is 22.4 Å². The van der Waals surface area contributed by atoms with E-state index in [-0.39, 0.29) is 11.6 Å². The van der Waals surface area contributed by atoms with Crippen molar-refractivity contribution in [3.05, 3.63) is 45.9 Å². The highest BCUT2D eigenvalue weighted by Crippen LogP contribution is 2.24. The lowest BCUT2D eigenvalue weighted by molar-refractivity contribution is 0.760. The molecule has 3 aromatic rings. The summed E-state index contributed by atoms with van der Waals surface area (Å²) in [5.41, 5.74) is 9.18. The monoisotopic (exact) mass is 297 g/mol. The number of nitrogens with zero attached hydrogens (tertiary/aromatic N) is 4. The maximum absolute atomic E-state index is 12.7. The number of fused-ring (bicyclic) bond motifs is 1. The van der Waals surface area contributed by atoms with Crippen LogP contribution in [0.5, 0.6) is 0 Å². The van der Waals surface area contributed by atoms with Crippen molar-refractivity contribution in [2.24, 2.45) is 19.8 Å². The first-order chi connectivity index (χ1) is 10.4. The van der Waals surface area contributed by atoms with Crippen LogP contribution in [-0.4, -0.2) is 19.3 Å². The third-order valence-electron chi connectivity index (χ3n) is 3.79. The van der Waals surface area contributed by atoms with Gasteiger partial charge >= 0.3 is 0 Å². The van der Waals surface area contributed by atoms with Gasteiger partial charge in [-0.05, 0) is 37.1 Å². The number of aryl methyl sites for hydroxylation is 2. The van der Waals surface area contributed by atoms with Crippen molar-refractivity contribution >= 4 is 10.9 Å². The molecular weight excluding hydrogens is 278 g/mol. The van der Waals surface area contributed by atoms with Gasteiger partial charge in [-0.3, -0.25) is 14.0 Å². The summed E-state index contributed by atoms with van der Waals surface area (Å²) in [7, 11) is 3.55. The van der Waals surface area contributed by atoms with Crippen molar-refractivity contribution in [2.45, 2.75) is 19.9 Å². The zero-order valence-electron chi connectivity index (χ0n) is 13.2. The lowest BCUT2D eigenvalue weighted by atomic mass is 10.0. The van der Waals surface area contributed by atoms with Crippen LogP contribution in [0.1, 0.15) is 24.1 Å². The van der Waals surface area contributed by atoms with E-state index in [1.807, 2.05) is 45.3 Å². The fourth-order valence-electron chi connectivity index (χ4n) is 2.66. The molecule has 0 fully saturated rings. The molecule has 22 heavy (non-hydrogen) atoms. The van der Waals surface area contributed by atoms with Crippen LogP contribution in [0.25, 0.3) is 22.4 Å². The second kappa shape index (κ2) is 5.06. The maximum atomic E-state index is 12.7. The molecular formula is C16H19N5O. The Kier molecular flexibility index (Phi) is 3.33. The Morgan fingerprint density at radius 2 is 2.00 bits per heavy atom. The van der Waals surface area contributed by atoms with E-state index in [2.05, 4.69) is 10.1 Å². The summed E-state index contributed by atoms with van der Waals surface area (Å²) in [5, 5.41) is 4.94. The van der Waals surface area contributed by atoms with E-state index in [9.17, 15) is 4.79 Å². The molecule has 0 aliphatic rings. The van der Waals surface area contributed by atoms with Gasteiger partial charge in [-0.2, -0.15) is 5.10 Å². The van der Waals surface area contributed by atoms with Gasteiger partial charge in [-0.15, -0.1) is 0 Å². The van der Waals surface area contributed by atoms with Crippen molar-refractivity contribution in [1.29, 1.82) is 0 Å². The molecule has 0 unspecified atom stereocenters. The van der Waals surface area contributed by atoms with E-state index in [4.69, 9.17) is 5.73 Å². The first-order valence-corrected chi connectivity index (χ1v) is 7.15. The third-order valence-corrected chi connectivity index (χ3v) is 3.79. The average Bonchev–Trinajstić information content (AvgIpc) is 2.88. The molecule has 114 valence electrons. The lowest BCUT2D eigenvalue weighted by Crippen LogP contribution is -2.22. The second-order valence-corrected chi connectivity index (χ2v) is 5.71. The third kappa shape index (κ3) is 2.21. The normalized spacial score (nSPS) is 12.8. The van der Waals surface area contributed by atoms with Gasteiger partial charge in [0.15, 0.2) is 5.82 Å². The zero-order valence-corrected chi connectivity index (χ0v) is 13.2. The standard InChI is InChI=1S/C16H19N5O/c1-9-7-11(10(2)17)14-12(8-9)16(22)21(4)15(18-14)13-5-6-20(3)19-13/h5-8,10H,17H2,1-4H3/t10-/m1/s1. The number of hydrogen-bond acceptors (Lipinski definition) is 4. The van der Waals surface area contributed by atoms with Gasteiger partial charge in [0.05, 0.1) is 10.9 Å². The highest BCUT2D eigenvalue weighted by Gasteiger charge is 2.16. The maximum Gasteiger partial charge on any atom is 0.261 e. The molecule has 0 bridgehead atoms. The van der Waals surface area contributed by atoms with Gasteiger partial charge in [-0.25, -0.2) is 4.98 Å². The summed E-state index contributed by atoms with van der Waals surface area (Å²) in [4.78, 5) is 17.4. The highest BCUT2D eigenvalue weighted by atomic mass is 16.1. The first kappa shape index (κ1) is 14.5. The smallest absolute Gasteiger partial charge is 0.261 e. The molecule has 0 saturated carbocycles. The Balaban J connectivity index is 2.42. The Morgan fingerprint density at radius 3 is 2.59 bits per heavy atom. The van der Waals surface area contributed by atoms with Crippen LogP contribution in [0.15, 0.2) is 29.2 Å². The molecule has 0 amide bonds. The van der Waals surface area contributed by atoms with Crippen molar-refractivity contribution in [1.82, 2.24) is 19.3 Å². The van der Waals surface area contributed by atoms with E-state index >= 15 is 0 Å². The van der Waals surface area contributed by atoms with Gasteiger partial charge < -0.3 is 5.73 Å². The minimum absolute atomic E-state index is 0.0868. The molecule has 0 spiro atoms. The molecule has 0 aliphatic heterocycles. The molecule has 1 atom stereocenters. The van der Waals surface area contributed by atoms with Crippen molar-refractivity contribution in [2.75, 3.05) is 0 Å². The Morgan fingerprint density at radius 1 is 1.27 bits per heavy atom. The molecule has 2 aromatic heterocycles. The SMILES string of the molecule is Cc1cc([C@@H](C)N)c2nc(-c3ccn(C)n3)n(C)c(=O)c2c1. The van der Waals surface area contributed by atoms with Crippen LogP contribution in [0.4, 0.5) is 0 Å². The fraction of sp³-hybridized carbons (Fsp3) is 0.312. The molecule has 6 heteroatoms. The number of nitrogens with two attached hydrogens (primary N) is 1. The van der Waals surface area contributed by atoms with E-state index in [1.54, 1.807) is 11.7 Å². The van der Waals surface area contributed by atoms with Crippen molar-refractivity contribution < 1.29 is 0 Å². The molecule has 0 radical (unpaired) electrons. The quantitative estimate of drug-likeness (QED) is 0.780.